The average molecular weight is 302 g/mol. The second-order valence-corrected chi connectivity index (χ2v) is 7.35. The molecule has 0 radical (unpaired) electrons. The third-order valence-corrected chi connectivity index (χ3v) is 5.27. The van der Waals surface area contributed by atoms with E-state index in [-0.39, 0.29) is 18.1 Å². The van der Waals surface area contributed by atoms with Gasteiger partial charge in [-0.15, -0.1) is 10.1 Å². The van der Waals surface area contributed by atoms with E-state index in [0.29, 0.717) is 11.8 Å². The Labute approximate surface area is 127 Å². The average Bonchev–Trinajstić information content (AvgIpc) is 2.43. The molecule has 0 aromatic rings. The molecule has 21 heavy (non-hydrogen) atoms. The van der Waals surface area contributed by atoms with Crippen LogP contribution >= 0.6 is 0 Å². The molecule has 0 spiro atoms. The summed E-state index contributed by atoms with van der Waals surface area (Å²) in [4.78, 5) is 15.3. The van der Waals surface area contributed by atoms with Crippen LogP contribution in [0.4, 0.5) is 0 Å². The maximum atomic E-state index is 10.7. The highest BCUT2D eigenvalue weighted by molar-refractivity contribution is 5.00. The topological polar surface area (TPSA) is 75.8 Å². The van der Waals surface area contributed by atoms with Crippen molar-refractivity contribution >= 4 is 0 Å². The minimum Gasteiger partial charge on any atom is -0.314 e. The van der Waals surface area contributed by atoms with E-state index in [1.54, 1.807) is 0 Å². The molecule has 6 heteroatoms. The third kappa shape index (κ3) is 3.66. The van der Waals surface area contributed by atoms with Crippen LogP contribution < -0.4 is 0 Å². The van der Waals surface area contributed by atoms with E-state index in [1.807, 2.05) is 27.7 Å². The van der Waals surface area contributed by atoms with Crippen LogP contribution in [0.1, 0.15) is 60.8 Å². The van der Waals surface area contributed by atoms with E-state index in [9.17, 15) is 15.3 Å². The molecule has 124 valence electrons. The minimum atomic E-state index is -0.735. The summed E-state index contributed by atoms with van der Waals surface area (Å²) in [5, 5.41) is 22.0. The molecule has 1 aliphatic rings. The highest BCUT2D eigenvalue weighted by Gasteiger charge is 2.51. The molecule has 1 rings (SSSR count). The Bertz CT molecular complexity index is 371. The van der Waals surface area contributed by atoms with Crippen LogP contribution in [0.3, 0.4) is 0 Å². The minimum absolute atomic E-state index is 0.0299. The van der Waals surface area contributed by atoms with Gasteiger partial charge in [-0.25, -0.2) is 0 Å². The molecule has 0 bridgehead atoms. The van der Waals surface area contributed by atoms with Crippen molar-refractivity contribution < 1.29 is 15.1 Å². The van der Waals surface area contributed by atoms with Crippen molar-refractivity contribution in [3.8, 4) is 0 Å². The number of nitrogens with zero attached hydrogens (tertiary/aromatic N) is 2. The molecule has 3 unspecified atom stereocenters. The molecule has 0 aliphatic carbocycles. The molecular weight excluding hydrogens is 272 g/mol. The van der Waals surface area contributed by atoms with Crippen LogP contribution in [0.2, 0.25) is 0 Å². The molecule has 0 aromatic carbocycles. The summed E-state index contributed by atoms with van der Waals surface area (Å²) >= 11 is 0. The Morgan fingerprint density at radius 3 is 2.29 bits per heavy atom. The van der Waals surface area contributed by atoms with Gasteiger partial charge in [-0.3, -0.25) is 0 Å². The van der Waals surface area contributed by atoms with Crippen LogP contribution in [0.15, 0.2) is 0 Å². The van der Waals surface area contributed by atoms with E-state index >= 15 is 0 Å². The molecule has 0 aromatic heterocycles. The summed E-state index contributed by atoms with van der Waals surface area (Å²) in [7, 11) is 0. The first-order valence-corrected chi connectivity index (χ1v) is 7.84. The molecular formula is C15H30N2O4. The molecule has 1 heterocycles. The zero-order valence-electron chi connectivity index (χ0n) is 14.1. The maximum absolute atomic E-state index is 10.7. The molecule has 1 saturated heterocycles. The molecule has 3 atom stereocenters. The van der Waals surface area contributed by atoms with Crippen LogP contribution in [0.25, 0.3) is 0 Å². The zero-order valence-corrected chi connectivity index (χ0v) is 14.1. The van der Waals surface area contributed by atoms with Gasteiger partial charge in [-0.2, -0.15) is 5.06 Å². The predicted octanol–water partition coefficient (Wildman–Crippen LogP) is 3.52. The van der Waals surface area contributed by atoms with Gasteiger partial charge < -0.3 is 10.0 Å². The van der Waals surface area contributed by atoms with Gasteiger partial charge in [0.1, 0.15) is 6.61 Å². The summed E-state index contributed by atoms with van der Waals surface area (Å²) in [6.07, 6.45) is 2.80. The Morgan fingerprint density at radius 1 is 1.29 bits per heavy atom. The highest BCUT2D eigenvalue weighted by atomic mass is 16.9. The van der Waals surface area contributed by atoms with E-state index in [0.717, 1.165) is 19.3 Å². The lowest BCUT2D eigenvalue weighted by atomic mass is 9.71. The van der Waals surface area contributed by atoms with E-state index in [4.69, 9.17) is 4.84 Å². The van der Waals surface area contributed by atoms with Crippen LogP contribution in [0, 0.1) is 27.9 Å². The molecule has 6 nitrogen and oxygen atoms in total. The summed E-state index contributed by atoms with van der Waals surface area (Å²) < 4.78 is 0. The fourth-order valence-corrected chi connectivity index (χ4v) is 4.20. The van der Waals surface area contributed by atoms with Crippen molar-refractivity contribution in [2.24, 2.45) is 17.8 Å². The molecule has 1 N–H and O–H groups in total. The second kappa shape index (κ2) is 6.48. The third-order valence-electron chi connectivity index (χ3n) is 5.27. The highest BCUT2D eigenvalue weighted by Crippen LogP contribution is 2.46. The van der Waals surface area contributed by atoms with Crippen LogP contribution in [-0.2, 0) is 4.84 Å². The number of rotatable bonds is 5. The largest absolute Gasteiger partial charge is 0.314 e. The van der Waals surface area contributed by atoms with E-state index < -0.39 is 10.6 Å². The summed E-state index contributed by atoms with van der Waals surface area (Å²) in [6, 6.07) is 0. The Morgan fingerprint density at radius 2 is 1.86 bits per heavy atom. The van der Waals surface area contributed by atoms with Gasteiger partial charge >= 0.3 is 0 Å². The monoisotopic (exact) mass is 302 g/mol. The van der Waals surface area contributed by atoms with E-state index in [2.05, 4.69) is 13.8 Å². The molecule has 1 aliphatic heterocycles. The first-order chi connectivity index (χ1) is 9.57. The van der Waals surface area contributed by atoms with Gasteiger partial charge in [0.25, 0.3) is 5.09 Å². The lowest BCUT2D eigenvalue weighted by Gasteiger charge is -2.46. The van der Waals surface area contributed by atoms with Crippen LogP contribution in [-0.4, -0.2) is 33.0 Å². The van der Waals surface area contributed by atoms with Crippen molar-refractivity contribution in [3.05, 3.63) is 10.1 Å². The van der Waals surface area contributed by atoms with E-state index in [1.165, 1.54) is 5.06 Å². The summed E-state index contributed by atoms with van der Waals surface area (Å²) in [6.45, 7) is 12.2. The van der Waals surface area contributed by atoms with Gasteiger partial charge in [0.2, 0.25) is 0 Å². The van der Waals surface area contributed by atoms with Crippen molar-refractivity contribution in [1.82, 2.24) is 5.06 Å². The Hall–Kier alpha value is -0.880. The van der Waals surface area contributed by atoms with Gasteiger partial charge in [-0.05, 0) is 46.0 Å². The molecule has 1 fully saturated rings. The smallest absolute Gasteiger partial charge is 0.294 e. The first-order valence-electron chi connectivity index (χ1n) is 7.84. The van der Waals surface area contributed by atoms with Gasteiger partial charge in [0.05, 0.1) is 0 Å². The zero-order chi connectivity index (χ0) is 16.4. The predicted molar refractivity (Wildman–Crippen MR) is 80.4 cm³/mol. The number of hydrogen-bond donors (Lipinski definition) is 1. The number of hydroxylamine groups is 2. The van der Waals surface area contributed by atoms with Crippen molar-refractivity contribution in [3.63, 3.8) is 0 Å². The van der Waals surface area contributed by atoms with Crippen LogP contribution in [0.5, 0.6) is 0 Å². The quantitative estimate of drug-likeness (QED) is 0.621. The fraction of sp³-hybridized carbons (Fsp3) is 1.00. The second-order valence-electron chi connectivity index (χ2n) is 7.35. The fourth-order valence-electron chi connectivity index (χ4n) is 4.20. The Balaban J connectivity index is 3.20. The van der Waals surface area contributed by atoms with Gasteiger partial charge in [0.15, 0.2) is 0 Å². The first kappa shape index (κ1) is 18.2. The van der Waals surface area contributed by atoms with Gasteiger partial charge in [0, 0.05) is 17.0 Å². The molecule has 0 saturated carbocycles. The van der Waals surface area contributed by atoms with Crippen molar-refractivity contribution in [2.45, 2.75) is 71.9 Å². The van der Waals surface area contributed by atoms with Crippen molar-refractivity contribution in [1.29, 1.82) is 0 Å². The van der Waals surface area contributed by atoms with Gasteiger partial charge in [-0.1, -0.05) is 26.7 Å². The lowest BCUT2D eigenvalue weighted by Crippen LogP contribution is -2.57. The van der Waals surface area contributed by atoms with Crippen molar-refractivity contribution in [2.75, 3.05) is 6.61 Å². The summed E-state index contributed by atoms with van der Waals surface area (Å²) in [5.74, 6) is 0.618. The Kier molecular flexibility index (Phi) is 5.61. The number of hydrogen-bond acceptors (Lipinski definition) is 5. The maximum Gasteiger partial charge on any atom is 0.294 e. The SMILES string of the molecule is CCC1CC(C)(C)N(O)C(C)(C)C(CO[N+](=O)[O-])C1CC. The summed E-state index contributed by atoms with van der Waals surface area (Å²) in [5.41, 5.74) is -0.939. The molecule has 0 amide bonds. The lowest BCUT2D eigenvalue weighted by molar-refractivity contribution is -0.760. The standard InChI is InChI=1S/C15H30N2O4/c1-7-11-9-14(3,4)16(18)15(5,6)13(12(11)8-2)10-21-17(19)20/h11-13,18H,7-10H2,1-6H3. The normalized spacial score (nSPS) is 32.4.